The van der Waals surface area contributed by atoms with Crippen LogP contribution in [0.25, 0.3) is 0 Å². The molecule has 0 unspecified atom stereocenters. The highest BCUT2D eigenvalue weighted by molar-refractivity contribution is 9.10. The first kappa shape index (κ1) is 11.0. The van der Waals surface area contributed by atoms with Crippen molar-refractivity contribution < 1.29 is 19.0 Å². The number of carbonyl (C=O) groups is 1. The predicted octanol–water partition coefficient (Wildman–Crippen LogP) is 2.60. The van der Waals surface area contributed by atoms with Crippen molar-refractivity contribution in [3.05, 3.63) is 27.5 Å². The van der Waals surface area contributed by atoms with Crippen molar-refractivity contribution in [2.75, 3.05) is 7.11 Å². The normalized spacial score (nSPS) is 10.0. The number of carboxylic acids is 1. The molecule has 0 fully saturated rings. The van der Waals surface area contributed by atoms with Crippen molar-refractivity contribution in [1.29, 1.82) is 0 Å². The Morgan fingerprint density at radius 2 is 2.21 bits per heavy atom. The van der Waals surface area contributed by atoms with E-state index < -0.39 is 11.8 Å². The van der Waals surface area contributed by atoms with Crippen molar-refractivity contribution in [2.45, 2.75) is 6.92 Å². The highest BCUT2D eigenvalue weighted by Crippen LogP contribution is 2.31. The van der Waals surface area contributed by atoms with Crippen LogP contribution in [0, 0.1) is 12.7 Å². The molecule has 3 nitrogen and oxygen atoms in total. The Morgan fingerprint density at radius 1 is 1.64 bits per heavy atom. The van der Waals surface area contributed by atoms with Gasteiger partial charge < -0.3 is 9.84 Å². The molecular weight excluding hydrogens is 255 g/mol. The Balaban J connectivity index is 3.56. The number of methoxy groups -OCH3 is 1. The van der Waals surface area contributed by atoms with E-state index in [1.807, 2.05) is 0 Å². The lowest BCUT2D eigenvalue weighted by molar-refractivity contribution is 0.0691. The second-order valence-electron chi connectivity index (χ2n) is 2.68. The van der Waals surface area contributed by atoms with E-state index in [2.05, 4.69) is 15.9 Å². The van der Waals surface area contributed by atoms with Crippen LogP contribution in [0.5, 0.6) is 5.75 Å². The summed E-state index contributed by atoms with van der Waals surface area (Å²) in [7, 11) is 1.23. The zero-order chi connectivity index (χ0) is 10.9. The number of ether oxygens (including phenoxy) is 1. The van der Waals surface area contributed by atoms with Crippen LogP contribution in [-0.2, 0) is 0 Å². The quantitative estimate of drug-likeness (QED) is 0.892. The Kier molecular flexibility index (Phi) is 3.10. The molecule has 14 heavy (non-hydrogen) atoms. The third-order valence-electron chi connectivity index (χ3n) is 1.85. The minimum Gasteiger partial charge on any atom is -0.493 e. The van der Waals surface area contributed by atoms with Gasteiger partial charge in [0.1, 0.15) is 5.56 Å². The number of benzene rings is 1. The maximum atomic E-state index is 13.2. The van der Waals surface area contributed by atoms with E-state index in [9.17, 15) is 9.18 Å². The van der Waals surface area contributed by atoms with E-state index in [0.717, 1.165) is 0 Å². The van der Waals surface area contributed by atoms with Gasteiger partial charge in [0.15, 0.2) is 11.6 Å². The van der Waals surface area contributed by atoms with Crippen molar-refractivity contribution in [2.24, 2.45) is 0 Å². The molecule has 0 atom stereocenters. The maximum Gasteiger partial charge on any atom is 0.339 e. The second-order valence-corrected chi connectivity index (χ2v) is 3.53. The zero-order valence-electron chi connectivity index (χ0n) is 7.60. The summed E-state index contributed by atoms with van der Waals surface area (Å²) in [6.45, 7) is 1.58. The Labute approximate surface area is 88.6 Å². The molecule has 1 N–H and O–H groups in total. The number of hydrogen-bond donors (Lipinski definition) is 1. The number of hydrogen-bond acceptors (Lipinski definition) is 2. The Hall–Kier alpha value is -1.10. The van der Waals surface area contributed by atoms with Gasteiger partial charge in [0, 0.05) is 4.47 Å². The monoisotopic (exact) mass is 262 g/mol. The molecule has 5 heteroatoms. The van der Waals surface area contributed by atoms with Gasteiger partial charge in [-0.3, -0.25) is 0 Å². The van der Waals surface area contributed by atoms with Crippen molar-refractivity contribution in [3.63, 3.8) is 0 Å². The molecule has 76 valence electrons. The first-order valence-electron chi connectivity index (χ1n) is 3.75. The Bertz CT molecular complexity index is 390. The lowest BCUT2D eigenvalue weighted by Gasteiger charge is -2.10. The van der Waals surface area contributed by atoms with Gasteiger partial charge in [-0.25, -0.2) is 9.18 Å². The largest absolute Gasteiger partial charge is 0.493 e. The van der Waals surface area contributed by atoms with Crippen molar-refractivity contribution in [1.82, 2.24) is 0 Å². The average molecular weight is 263 g/mol. The molecule has 0 aliphatic rings. The van der Waals surface area contributed by atoms with Crippen LogP contribution < -0.4 is 4.74 Å². The summed E-state index contributed by atoms with van der Waals surface area (Å²) in [5.74, 6) is -2.14. The molecule has 0 heterocycles. The van der Waals surface area contributed by atoms with E-state index in [-0.39, 0.29) is 11.3 Å². The van der Waals surface area contributed by atoms with Gasteiger partial charge in [-0.1, -0.05) is 15.9 Å². The predicted molar refractivity (Wildman–Crippen MR) is 52.3 cm³/mol. The average Bonchev–Trinajstić information content (AvgIpc) is 2.10. The lowest BCUT2D eigenvalue weighted by atomic mass is 10.1. The van der Waals surface area contributed by atoms with Gasteiger partial charge in [-0.2, -0.15) is 0 Å². The smallest absolute Gasteiger partial charge is 0.339 e. The number of halogens is 2. The summed E-state index contributed by atoms with van der Waals surface area (Å²) in [6.07, 6.45) is 0. The molecule has 1 rings (SSSR count). The summed E-state index contributed by atoms with van der Waals surface area (Å²) in [5, 5.41) is 8.86. The molecule has 0 radical (unpaired) electrons. The fourth-order valence-electron chi connectivity index (χ4n) is 1.15. The molecule has 0 spiro atoms. The van der Waals surface area contributed by atoms with Gasteiger partial charge in [0.05, 0.1) is 7.11 Å². The van der Waals surface area contributed by atoms with E-state index in [4.69, 9.17) is 9.84 Å². The van der Waals surface area contributed by atoms with Gasteiger partial charge in [0.2, 0.25) is 0 Å². The van der Waals surface area contributed by atoms with Crippen LogP contribution >= 0.6 is 15.9 Å². The summed E-state index contributed by atoms with van der Waals surface area (Å²) >= 11 is 3.07. The first-order valence-corrected chi connectivity index (χ1v) is 4.54. The van der Waals surface area contributed by atoms with E-state index >= 15 is 0 Å². The molecule has 0 saturated heterocycles. The standard InChI is InChI=1S/C9H8BrFO3/c1-4-5(10)3-6(11)8(14-2)7(4)9(12)13/h3H,1-2H3,(H,12,13). The van der Waals surface area contributed by atoms with Crippen LogP contribution in [-0.4, -0.2) is 18.2 Å². The highest BCUT2D eigenvalue weighted by Gasteiger charge is 2.20. The third kappa shape index (κ3) is 1.72. The van der Waals surface area contributed by atoms with E-state index in [1.54, 1.807) is 6.92 Å². The van der Waals surface area contributed by atoms with Gasteiger partial charge in [0.25, 0.3) is 0 Å². The fourth-order valence-corrected chi connectivity index (χ4v) is 1.55. The molecule has 0 amide bonds. The molecule has 1 aromatic carbocycles. The molecule has 0 aliphatic heterocycles. The second kappa shape index (κ2) is 3.96. The minimum atomic E-state index is -1.21. The van der Waals surface area contributed by atoms with Gasteiger partial charge in [-0.15, -0.1) is 0 Å². The molecule has 0 saturated carbocycles. The van der Waals surface area contributed by atoms with Crippen LogP contribution in [0.3, 0.4) is 0 Å². The molecular formula is C9H8BrFO3. The summed E-state index contributed by atoms with van der Waals surface area (Å²) in [6, 6.07) is 1.18. The lowest BCUT2D eigenvalue weighted by Crippen LogP contribution is -2.06. The summed E-state index contributed by atoms with van der Waals surface area (Å²) < 4.78 is 18.3. The molecule has 0 bridgehead atoms. The van der Waals surface area contributed by atoms with Gasteiger partial charge >= 0.3 is 5.97 Å². The van der Waals surface area contributed by atoms with E-state index in [0.29, 0.717) is 10.0 Å². The minimum absolute atomic E-state index is 0.153. The van der Waals surface area contributed by atoms with Crippen molar-refractivity contribution in [3.8, 4) is 5.75 Å². The maximum absolute atomic E-state index is 13.2. The third-order valence-corrected chi connectivity index (χ3v) is 2.67. The Morgan fingerprint density at radius 3 is 2.64 bits per heavy atom. The van der Waals surface area contributed by atoms with Gasteiger partial charge in [-0.05, 0) is 18.6 Å². The molecule has 0 aliphatic carbocycles. The van der Waals surface area contributed by atoms with E-state index in [1.165, 1.54) is 13.2 Å². The first-order chi connectivity index (χ1) is 6.49. The number of rotatable bonds is 2. The topological polar surface area (TPSA) is 46.5 Å². The molecule has 0 aromatic heterocycles. The fraction of sp³-hybridized carbons (Fsp3) is 0.222. The zero-order valence-corrected chi connectivity index (χ0v) is 9.18. The summed E-state index contributed by atoms with van der Waals surface area (Å²) in [5.41, 5.74) is 0.287. The number of aromatic carboxylic acids is 1. The SMILES string of the molecule is COc1c(F)cc(Br)c(C)c1C(=O)O. The highest BCUT2D eigenvalue weighted by atomic mass is 79.9. The van der Waals surface area contributed by atoms with Crippen LogP contribution in [0.2, 0.25) is 0 Å². The summed E-state index contributed by atoms with van der Waals surface area (Å²) in [4.78, 5) is 10.8. The van der Waals surface area contributed by atoms with Crippen LogP contribution in [0.1, 0.15) is 15.9 Å². The number of carboxylic acid groups (broad SMARTS) is 1. The van der Waals surface area contributed by atoms with Crippen molar-refractivity contribution >= 4 is 21.9 Å². The van der Waals surface area contributed by atoms with Crippen LogP contribution in [0.4, 0.5) is 4.39 Å². The molecule has 1 aromatic rings. The van der Waals surface area contributed by atoms with Crippen LogP contribution in [0.15, 0.2) is 10.5 Å².